The van der Waals surface area contributed by atoms with Crippen molar-refractivity contribution in [1.29, 1.82) is 0 Å². The molecule has 2 aromatic heterocycles. The first kappa shape index (κ1) is 16.6. The van der Waals surface area contributed by atoms with Crippen LogP contribution < -0.4 is 11.1 Å². The number of carbonyl (C=O) groups is 1. The summed E-state index contributed by atoms with van der Waals surface area (Å²) in [5, 5.41) is 8.34. The molecule has 0 saturated carbocycles. The Hall–Kier alpha value is -2.26. The summed E-state index contributed by atoms with van der Waals surface area (Å²) >= 11 is 4.54. The fourth-order valence-corrected chi connectivity index (χ4v) is 2.94. The van der Waals surface area contributed by atoms with E-state index >= 15 is 0 Å². The second kappa shape index (κ2) is 7.10. The molecule has 0 radical (unpaired) electrons. The Kier molecular flexibility index (Phi) is 4.91. The van der Waals surface area contributed by atoms with Gasteiger partial charge in [-0.3, -0.25) is 4.79 Å². The predicted molar refractivity (Wildman–Crippen MR) is 91.4 cm³/mol. The van der Waals surface area contributed by atoms with Crippen molar-refractivity contribution < 1.29 is 13.6 Å². The van der Waals surface area contributed by atoms with Gasteiger partial charge in [-0.25, -0.2) is 9.18 Å². The summed E-state index contributed by atoms with van der Waals surface area (Å²) < 4.78 is 20.4. The lowest BCUT2D eigenvalue weighted by molar-refractivity contribution is -0.116. The van der Waals surface area contributed by atoms with Crippen LogP contribution in [0.4, 0.5) is 10.1 Å². The summed E-state index contributed by atoms with van der Waals surface area (Å²) in [6.45, 7) is 0.0394. The summed E-state index contributed by atoms with van der Waals surface area (Å²) in [5.41, 5.74) is 0.0787. The minimum Gasteiger partial charge on any atom is -0.387 e. The number of aryl methyl sites for hydroxylation is 1. The summed E-state index contributed by atoms with van der Waals surface area (Å²) in [4.78, 5) is 24.4. The maximum absolute atomic E-state index is 13.7. The Morgan fingerprint density at radius 2 is 2.25 bits per heavy atom. The number of carbonyl (C=O) groups excluding carboxylic acids is 1. The molecule has 0 fully saturated rings. The van der Waals surface area contributed by atoms with Crippen molar-refractivity contribution in [2.75, 3.05) is 5.32 Å². The van der Waals surface area contributed by atoms with Crippen LogP contribution in [0, 0.1) is 5.82 Å². The van der Waals surface area contributed by atoms with E-state index in [9.17, 15) is 14.0 Å². The normalized spacial score (nSPS) is 10.8. The van der Waals surface area contributed by atoms with Crippen molar-refractivity contribution in [3.8, 4) is 10.8 Å². The van der Waals surface area contributed by atoms with Crippen molar-refractivity contribution in [1.82, 2.24) is 9.78 Å². The monoisotopic (exact) mass is 411 g/mol. The lowest BCUT2D eigenvalue weighted by Crippen LogP contribution is -2.21. The van der Waals surface area contributed by atoms with E-state index in [1.165, 1.54) is 23.5 Å². The second-order valence-electron chi connectivity index (χ2n) is 4.80. The molecule has 24 heavy (non-hydrogen) atoms. The molecular formula is C15H11BrFN3O3S. The molecule has 1 amide bonds. The van der Waals surface area contributed by atoms with Crippen LogP contribution >= 0.6 is 27.3 Å². The quantitative estimate of drug-likeness (QED) is 0.696. The van der Waals surface area contributed by atoms with Crippen molar-refractivity contribution in [3.05, 3.63) is 56.6 Å². The molecule has 6 nitrogen and oxygen atoms in total. The third kappa shape index (κ3) is 3.80. The van der Waals surface area contributed by atoms with Crippen molar-refractivity contribution in [2.24, 2.45) is 0 Å². The number of halogens is 2. The third-order valence-electron chi connectivity index (χ3n) is 3.09. The van der Waals surface area contributed by atoms with Gasteiger partial charge in [-0.05, 0) is 29.6 Å². The Labute approximate surface area is 148 Å². The molecule has 0 unspecified atom stereocenters. The van der Waals surface area contributed by atoms with Gasteiger partial charge in [-0.2, -0.15) is 4.68 Å². The molecule has 0 aliphatic carbocycles. The van der Waals surface area contributed by atoms with Gasteiger partial charge in [-0.15, -0.1) is 16.4 Å². The molecule has 0 aliphatic rings. The summed E-state index contributed by atoms with van der Waals surface area (Å²) in [6, 6.07) is 7.93. The first-order valence-corrected chi connectivity index (χ1v) is 8.57. The zero-order valence-corrected chi connectivity index (χ0v) is 14.6. The number of thiophene rings is 1. The Morgan fingerprint density at radius 1 is 1.42 bits per heavy atom. The van der Waals surface area contributed by atoms with E-state index in [0.29, 0.717) is 4.47 Å². The van der Waals surface area contributed by atoms with Crippen molar-refractivity contribution in [2.45, 2.75) is 13.0 Å². The van der Waals surface area contributed by atoms with E-state index in [-0.39, 0.29) is 24.5 Å². The lowest BCUT2D eigenvalue weighted by atomic mass is 10.3. The molecule has 0 aliphatic heterocycles. The van der Waals surface area contributed by atoms with E-state index in [4.69, 9.17) is 4.42 Å². The molecule has 1 aromatic carbocycles. The van der Waals surface area contributed by atoms with Crippen molar-refractivity contribution in [3.63, 3.8) is 0 Å². The van der Waals surface area contributed by atoms with Crippen LogP contribution in [0.3, 0.4) is 0 Å². The van der Waals surface area contributed by atoms with Gasteiger partial charge in [0.25, 0.3) is 5.89 Å². The second-order valence-corrected chi connectivity index (χ2v) is 6.66. The minimum absolute atomic E-state index is 0.0359. The van der Waals surface area contributed by atoms with E-state index in [0.717, 1.165) is 9.56 Å². The Balaban J connectivity index is 1.63. The first-order valence-electron chi connectivity index (χ1n) is 6.89. The number of anilines is 1. The van der Waals surface area contributed by atoms with Crippen LogP contribution in [-0.2, 0) is 11.3 Å². The highest BCUT2D eigenvalue weighted by Gasteiger charge is 2.13. The van der Waals surface area contributed by atoms with E-state index in [1.54, 1.807) is 12.1 Å². The van der Waals surface area contributed by atoms with Gasteiger partial charge >= 0.3 is 5.76 Å². The topological polar surface area (TPSA) is 77.1 Å². The maximum atomic E-state index is 13.7. The van der Waals surface area contributed by atoms with Crippen molar-refractivity contribution >= 4 is 38.9 Å². The molecule has 1 N–H and O–H groups in total. The smallest absolute Gasteiger partial charge is 0.387 e. The highest BCUT2D eigenvalue weighted by atomic mass is 79.9. The highest BCUT2D eigenvalue weighted by molar-refractivity contribution is 9.10. The molecule has 2 heterocycles. The summed E-state index contributed by atoms with van der Waals surface area (Å²) in [7, 11) is 0. The minimum atomic E-state index is -0.638. The van der Waals surface area contributed by atoms with Gasteiger partial charge in [0.2, 0.25) is 5.91 Å². The van der Waals surface area contributed by atoms with Gasteiger partial charge in [0.05, 0.1) is 17.1 Å². The van der Waals surface area contributed by atoms with Crippen LogP contribution in [0.2, 0.25) is 0 Å². The lowest BCUT2D eigenvalue weighted by Gasteiger charge is -2.06. The van der Waals surface area contributed by atoms with Gasteiger partial charge in [0.15, 0.2) is 0 Å². The van der Waals surface area contributed by atoms with Crippen LogP contribution in [0.5, 0.6) is 0 Å². The molecular weight excluding hydrogens is 401 g/mol. The molecule has 9 heteroatoms. The Bertz CT molecular complexity index is 920. The number of benzene rings is 1. The zero-order valence-electron chi connectivity index (χ0n) is 12.2. The van der Waals surface area contributed by atoms with Gasteiger partial charge in [0, 0.05) is 10.9 Å². The number of rotatable bonds is 5. The average Bonchev–Trinajstić information content (AvgIpc) is 3.17. The van der Waals surface area contributed by atoms with Gasteiger partial charge < -0.3 is 9.73 Å². The standard InChI is InChI=1S/C15H11BrFN3O3S/c16-9-3-4-11(10(17)8-9)18-13(21)5-6-20-15(22)23-14(19-20)12-2-1-7-24-12/h1-4,7-8H,5-6H2,(H,18,21). The molecule has 0 bridgehead atoms. The number of nitrogens with one attached hydrogen (secondary N) is 1. The third-order valence-corrected chi connectivity index (χ3v) is 4.45. The number of aromatic nitrogens is 2. The fraction of sp³-hybridized carbons (Fsp3) is 0.133. The largest absolute Gasteiger partial charge is 0.437 e. The number of amides is 1. The first-order chi connectivity index (χ1) is 11.5. The average molecular weight is 412 g/mol. The van der Waals surface area contributed by atoms with Crippen LogP contribution in [0.1, 0.15) is 6.42 Å². The fourth-order valence-electron chi connectivity index (χ4n) is 1.96. The van der Waals surface area contributed by atoms with E-state index in [1.807, 2.05) is 11.4 Å². The van der Waals surface area contributed by atoms with E-state index < -0.39 is 17.5 Å². The molecule has 3 aromatic rings. The number of nitrogens with zero attached hydrogens (tertiary/aromatic N) is 2. The van der Waals surface area contributed by atoms with E-state index in [2.05, 4.69) is 26.3 Å². The zero-order chi connectivity index (χ0) is 17.1. The number of hydrogen-bond donors (Lipinski definition) is 1. The maximum Gasteiger partial charge on any atom is 0.437 e. The van der Waals surface area contributed by atoms with Crippen LogP contribution in [-0.4, -0.2) is 15.7 Å². The van der Waals surface area contributed by atoms with Gasteiger partial charge in [-0.1, -0.05) is 22.0 Å². The Morgan fingerprint density at radius 3 is 2.96 bits per heavy atom. The summed E-state index contributed by atoms with van der Waals surface area (Å²) in [5.74, 6) is -1.39. The molecule has 124 valence electrons. The predicted octanol–water partition coefficient (Wildman–Crippen LogP) is 3.50. The molecule has 3 rings (SSSR count). The molecule has 0 spiro atoms. The SMILES string of the molecule is O=C(CCn1nc(-c2cccs2)oc1=O)Nc1ccc(Br)cc1F. The number of hydrogen-bond acceptors (Lipinski definition) is 5. The van der Waals surface area contributed by atoms with Crippen LogP contribution in [0.25, 0.3) is 10.8 Å². The molecule has 0 atom stereocenters. The van der Waals surface area contributed by atoms with Crippen LogP contribution in [0.15, 0.2) is 49.4 Å². The van der Waals surface area contributed by atoms with Gasteiger partial charge in [0.1, 0.15) is 5.82 Å². The highest BCUT2D eigenvalue weighted by Crippen LogP contribution is 2.21. The summed E-state index contributed by atoms with van der Waals surface area (Å²) in [6.07, 6.45) is -0.0359. The molecule has 0 saturated heterocycles.